The maximum atomic E-state index is 11.9. The largest absolute Gasteiger partial charge is 0.462 e. The van der Waals surface area contributed by atoms with Crippen molar-refractivity contribution in [1.82, 2.24) is 4.98 Å². The van der Waals surface area contributed by atoms with E-state index in [1.807, 2.05) is 0 Å². The van der Waals surface area contributed by atoms with E-state index >= 15 is 0 Å². The molecule has 0 radical (unpaired) electrons. The Labute approximate surface area is 120 Å². The zero-order chi connectivity index (χ0) is 14.6. The van der Waals surface area contributed by atoms with Crippen LogP contribution in [0.5, 0.6) is 0 Å². The predicted molar refractivity (Wildman–Crippen MR) is 70.9 cm³/mol. The molecule has 0 saturated heterocycles. The Kier molecular flexibility index (Phi) is 5.57. The minimum atomic E-state index is -0.769. The number of rotatable bonds is 4. The highest BCUT2D eigenvalue weighted by molar-refractivity contribution is 6.38. The fraction of sp³-hybridized carbons (Fsp3) is 0.417. The normalized spacial score (nSPS) is 10.2. The molecule has 0 spiro atoms. The number of carbonyl (C=O) groups excluding carboxylic acids is 2. The molecular weight excluding hydrogens is 293 g/mol. The van der Waals surface area contributed by atoms with Crippen molar-refractivity contribution in [3.63, 3.8) is 0 Å². The van der Waals surface area contributed by atoms with Gasteiger partial charge in [-0.3, -0.25) is 0 Å². The van der Waals surface area contributed by atoms with Gasteiger partial charge < -0.3 is 9.47 Å². The molecule has 1 heterocycles. The summed E-state index contributed by atoms with van der Waals surface area (Å²) in [6, 6.07) is 0. The minimum Gasteiger partial charge on any atom is -0.462 e. The molecule has 0 aromatic carbocycles. The number of nitrogens with zero attached hydrogens (tertiary/aromatic N) is 1. The first-order chi connectivity index (χ1) is 8.93. The van der Waals surface area contributed by atoms with Gasteiger partial charge in [0.1, 0.15) is 10.7 Å². The third kappa shape index (κ3) is 3.36. The van der Waals surface area contributed by atoms with Crippen LogP contribution in [-0.4, -0.2) is 30.1 Å². The van der Waals surface area contributed by atoms with Crippen molar-refractivity contribution in [1.29, 1.82) is 0 Å². The van der Waals surface area contributed by atoms with Crippen molar-refractivity contribution in [2.45, 2.75) is 20.8 Å². The highest BCUT2D eigenvalue weighted by atomic mass is 35.5. The van der Waals surface area contributed by atoms with Gasteiger partial charge in [-0.05, 0) is 20.8 Å². The van der Waals surface area contributed by atoms with Gasteiger partial charge in [0.25, 0.3) is 0 Å². The monoisotopic (exact) mass is 305 g/mol. The quantitative estimate of drug-likeness (QED) is 0.632. The average Bonchev–Trinajstić information content (AvgIpc) is 2.35. The van der Waals surface area contributed by atoms with E-state index in [-0.39, 0.29) is 34.6 Å². The molecule has 5 nitrogen and oxygen atoms in total. The lowest BCUT2D eigenvalue weighted by atomic mass is 10.1. The van der Waals surface area contributed by atoms with Gasteiger partial charge in [-0.15, -0.1) is 0 Å². The van der Waals surface area contributed by atoms with Crippen LogP contribution in [0.2, 0.25) is 10.2 Å². The van der Waals surface area contributed by atoms with Crippen molar-refractivity contribution < 1.29 is 19.1 Å². The number of halogens is 2. The second-order valence-corrected chi connectivity index (χ2v) is 4.24. The predicted octanol–water partition coefficient (Wildman–Crippen LogP) is 3.05. The van der Waals surface area contributed by atoms with Crippen molar-refractivity contribution >= 4 is 35.1 Å². The topological polar surface area (TPSA) is 65.5 Å². The van der Waals surface area contributed by atoms with Crippen molar-refractivity contribution in [3.05, 3.63) is 27.0 Å². The fourth-order valence-corrected chi connectivity index (χ4v) is 1.84. The first-order valence-corrected chi connectivity index (χ1v) is 6.39. The molecule has 7 heteroatoms. The van der Waals surface area contributed by atoms with Crippen LogP contribution in [0.4, 0.5) is 0 Å². The summed E-state index contributed by atoms with van der Waals surface area (Å²) in [5.41, 5.74) is 0.0456. The van der Waals surface area contributed by atoms with Gasteiger partial charge in [0.15, 0.2) is 5.69 Å². The minimum absolute atomic E-state index is 0.0427. The summed E-state index contributed by atoms with van der Waals surface area (Å²) < 4.78 is 9.68. The standard InChI is InChI=1S/C12H13Cl2NO4/c1-4-18-11(16)7-8(13)6(3)10(14)15-9(7)12(17)19-5-2/h4-5H2,1-3H3. The van der Waals surface area contributed by atoms with Gasteiger partial charge in [-0.25, -0.2) is 14.6 Å². The molecule has 0 atom stereocenters. The molecule has 19 heavy (non-hydrogen) atoms. The van der Waals surface area contributed by atoms with E-state index in [4.69, 9.17) is 32.7 Å². The molecule has 104 valence electrons. The molecule has 0 fully saturated rings. The van der Waals surface area contributed by atoms with E-state index in [9.17, 15) is 9.59 Å². The lowest BCUT2D eigenvalue weighted by Gasteiger charge is -2.12. The number of esters is 2. The van der Waals surface area contributed by atoms with E-state index in [0.717, 1.165) is 0 Å². The molecule has 1 aromatic rings. The van der Waals surface area contributed by atoms with E-state index in [2.05, 4.69) is 4.98 Å². The Balaban J connectivity index is 3.43. The molecule has 0 aliphatic carbocycles. The SMILES string of the molecule is CCOC(=O)c1nc(Cl)c(C)c(Cl)c1C(=O)OCC. The van der Waals surface area contributed by atoms with Crippen LogP contribution in [0.3, 0.4) is 0 Å². The summed E-state index contributed by atoms with van der Waals surface area (Å²) in [7, 11) is 0. The number of carbonyl (C=O) groups is 2. The molecule has 0 saturated carbocycles. The van der Waals surface area contributed by atoms with Crippen molar-refractivity contribution in [2.75, 3.05) is 13.2 Å². The highest BCUT2D eigenvalue weighted by Gasteiger charge is 2.27. The third-order valence-corrected chi connectivity index (χ3v) is 3.09. The molecule has 0 N–H and O–H groups in total. The molecule has 0 aliphatic heterocycles. The summed E-state index contributed by atoms with van der Waals surface area (Å²) in [4.78, 5) is 27.5. The average molecular weight is 306 g/mol. The molecule has 0 aliphatic rings. The Morgan fingerprint density at radius 2 is 1.63 bits per heavy atom. The van der Waals surface area contributed by atoms with Crippen LogP contribution in [0.25, 0.3) is 0 Å². The summed E-state index contributed by atoms with van der Waals surface area (Å²) in [6.45, 7) is 5.17. The van der Waals surface area contributed by atoms with Gasteiger partial charge in [0, 0.05) is 5.56 Å². The van der Waals surface area contributed by atoms with Gasteiger partial charge in [0.2, 0.25) is 0 Å². The van der Waals surface area contributed by atoms with Gasteiger partial charge >= 0.3 is 11.9 Å². The van der Waals surface area contributed by atoms with Gasteiger partial charge in [0.05, 0.1) is 18.2 Å². The summed E-state index contributed by atoms with van der Waals surface area (Å²) in [6.07, 6.45) is 0. The fourth-order valence-electron chi connectivity index (χ4n) is 1.36. The first-order valence-electron chi connectivity index (χ1n) is 5.63. The van der Waals surface area contributed by atoms with Crippen LogP contribution in [-0.2, 0) is 9.47 Å². The Morgan fingerprint density at radius 1 is 1.11 bits per heavy atom. The summed E-state index contributed by atoms with van der Waals surface area (Å²) in [5, 5.41) is 0.0857. The lowest BCUT2D eigenvalue weighted by molar-refractivity contribution is 0.0473. The maximum absolute atomic E-state index is 11.9. The number of hydrogen-bond donors (Lipinski definition) is 0. The van der Waals surface area contributed by atoms with E-state index in [1.165, 1.54) is 0 Å². The zero-order valence-corrected chi connectivity index (χ0v) is 12.3. The molecule has 0 amide bonds. The smallest absolute Gasteiger partial charge is 0.357 e. The first kappa shape index (κ1) is 15.7. The summed E-state index contributed by atoms with van der Waals surface area (Å²) >= 11 is 11.9. The van der Waals surface area contributed by atoms with Crippen LogP contribution in [0, 0.1) is 6.92 Å². The lowest BCUT2D eigenvalue weighted by Crippen LogP contribution is -2.17. The van der Waals surface area contributed by atoms with Gasteiger partial charge in [-0.1, -0.05) is 23.2 Å². The molecule has 0 bridgehead atoms. The molecule has 1 rings (SSSR count). The zero-order valence-electron chi connectivity index (χ0n) is 10.8. The maximum Gasteiger partial charge on any atom is 0.357 e. The van der Waals surface area contributed by atoms with Crippen molar-refractivity contribution in [2.24, 2.45) is 0 Å². The van der Waals surface area contributed by atoms with E-state index in [1.54, 1.807) is 20.8 Å². The highest BCUT2D eigenvalue weighted by Crippen LogP contribution is 2.29. The number of hydrogen-bond acceptors (Lipinski definition) is 5. The molecule has 0 unspecified atom stereocenters. The number of aromatic nitrogens is 1. The van der Waals surface area contributed by atoms with Crippen molar-refractivity contribution in [3.8, 4) is 0 Å². The number of pyridine rings is 1. The van der Waals surface area contributed by atoms with E-state index in [0.29, 0.717) is 5.56 Å². The van der Waals surface area contributed by atoms with Crippen LogP contribution in [0.1, 0.15) is 40.3 Å². The second-order valence-electron chi connectivity index (χ2n) is 3.51. The Morgan fingerprint density at radius 3 is 2.16 bits per heavy atom. The number of ether oxygens (including phenoxy) is 2. The molecule has 1 aromatic heterocycles. The Hall–Kier alpha value is -1.33. The van der Waals surface area contributed by atoms with Gasteiger partial charge in [-0.2, -0.15) is 0 Å². The third-order valence-electron chi connectivity index (χ3n) is 2.25. The second kappa shape index (κ2) is 6.73. The van der Waals surface area contributed by atoms with E-state index < -0.39 is 11.9 Å². The Bertz CT molecular complexity index is 517. The van der Waals surface area contributed by atoms with Crippen LogP contribution in [0.15, 0.2) is 0 Å². The van der Waals surface area contributed by atoms with Crippen LogP contribution >= 0.6 is 23.2 Å². The molecular formula is C12H13Cl2NO4. The summed E-state index contributed by atoms with van der Waals surface area (Å²) in [5.74, 6) is -1.50. The van der Waals surface area contributed by atoms with Crippen LogP contribution < -0.4 is 0 Å².